The Morgan fingerprint density at radius 2 is 1.00 bits per heavy atom. The van der Waals surface area contributed by atoms with Crippen LogP contribution in [0.5, 0.6) is 0 Å². The molecular weight excluding hydrogens is 332 g/mol. The molecule has 0 saturated carbocycles. The molecule has 22 heavy (non-hydrogen) atoms. The molecule has 0 fully saturated rings. The first-order chi connectivity index (χ1) is 9.57. The Labute approximate surface area is 138 Å². The number of hydrogen-bond acceptors (Lipinski definition) is 5. The molecule has 0 bridgehead atoms. The van der Waals surface area contributed by atoms with Crippen LogP contribution < -0.4 is 0 Å². The highest BCUT2D eigenvalue weighted by molar-refractivity contribution is 6.71. The van der Waals surface area contributed by atoms with Crippen LogP contribution in [0.2, 0.25) is 58.9 Å². The molecule has 0 rings (SSSR count). The van der Waals surface area contributed by atoms with E-state index in [-0.39, 0.29) is 24.8 Å². The maximum atomic E-state index is 12.0. The average molecular weight is 365 g/mol. The molecule has 0 atom stereocenters. The molecule has 0 aliphatic rings. The molecule has 0 aromatic rings. The average Bonchev–Trinajstić information content (AvgIpc) is 2.05. The van der Waals surface area contributed by atoms with Crippen molar-refractivity contribution < 1.29 is 22.9 Å². The zero-order chi connectivity index (χ0) is 17.8. The van der Waals surface area contributed by atoms with Crippen molar-refractivity contribution in [1.29, 1.82) is 0 Å². The summed E-state index contributed by atoms with van der Waals surface area (Å²) >= 11 is 0. The van der Waals surface area contributed by atoms with Crippen molar-refractivity contribution in [3.63, 3.8) is 0 Å². The van der Waals surface area contributed by atoms with Gasteiger partial charge in [0.1, 0.15) is 0 Å². The van der Waals surface area contributed by atoms with E-state index in [1.807, 2.05) is 58.9 Å². The van der Waals surface area contributed by atoms with E-state index in [9.17, 15) is 9.59 Å². The summed E-state index contributed by atoms with van der Waals surface area (Å²) in [6, 6.07) is 0. The van der Waals surface area contributed by atoms with Crippen LogP contribution in [-0.2, 0) is 22.9 Å². The van der Waals surface area contributed by atoms with Crippen molar-refractivity contribution in [3.05, 3.63) is 0 Å². The lowest BCUT2D eigenvalue weighted by atomic mass is 10.2. The third kappa shape index (κ3) is 13.2. The van der Waals surface area contributed by atoms with Gasteiger partial charge < -0.3 is 13.3 Å². The van der Waals surface area contributed by atoms with Gasteiger partial charge in [-0.05, 0) is 58.9 Å². The van der Waals surface area contributed by atoms with Gasteiger partial charge in [-0.2, -0.15) is 0 Å². The molecule has 0 heterocycles. The minimum absolute atomic E-state index is 0.106. The Bertz CT molecular complexity index is 361. The van der Waals surface area contributed by atoms with E-state index in [0.29, 0.717) is 0 Å². The van der Waals surface area contributed by atoms with Gasteiger partial charge in [0.15, 0.2) is 8.32 Å². The van der Waals surface area contributed by atoms with Crippen molar-refractivity contribution >= 4 is 36.9 Å². The zero-order valence-electron chi connectivity index (χ0n) is 15.5. The summed E-state index contributed by atoms with van der Waals surface area (Å²) in [6.07, 6.45) is -0.246. The van der Waals surface area contributed by atoms with Crippen LogP contribution >= 0.6 is 0 Å². The molecule has 130 valence electrons. The maximum Gasteiger partial charge on any atom is 0.295 e. The lowest BCUT2D eigenvalue weighted by molar-refractivity contribution is -0.140. The second-order valence-corrected chi connectivity index (χ2v) is 21.8. The molecule has 8 heteroatoms. The summed E-state index contributed by atoms with van der Waals surface area (Å²) in [5, 5.41) is 0. The highest BCUT2D eigenvalue weighted by atomic mass is 28.4. The fraction of sp³-hybridized carbons (Fsp3) is 0.857. The fourth-order valence-corrected chi connectivity index (χ4v) is 4.49. The van der Waals surface area contributed by atoms with Crippen LogP contribution in [0, 0.1) is 0 Å². The number of rotatable bonds is 8. The van der Waals surface area contributed by atoms with Crippen LogP contribution in [0.3, 0.4) is 0 Å². The van der Waals surface area contributed by atoms with Crippen molar-refractivity contribution in [2.45, 2.75) is 77.9 Å². The maximum absolute atomic E-state index is 12.0. The largest absolute Gasteiger partial charge is 0.520 e. The molecule has 0 radical (unpaired) electrons. The van der Waals surface area contributed by atoms with E-state index in [4.69, 9.17) is 13.3 Å². The minimum atomic E-state index is -1.93. The summed E-state index contributed by atoms with van der Waals surface area (Å²) in [5.41, 5.74) is 0. The topological polar surface area (TPSA) is 61.8 Å². The Morgan fingerprint density at radius 3 is 1.23 bits per heavy atom. The first kappa shape index (κ1) is 21.6. The standard InChI is InChI=1S/C14H32O5Si3/c1-20(2,3)17-12(10-13(15)18-21(4,5)6)11-14(16)19-22(7,8)9/h12H,10-11H2,1-9H3. The van der Waals surface area contributed by atoms with Gasteiger partial charge in [-0.25, -0.2) is 0 Å². The van der Waals surface area contributed by atoms with E-state index < -0.39 is 31.1 Å². The third-order valence-corrected chi connectivity index (χ3v) is 4.87. The lowest BCUT2D eigenvalue weighted by Gasteiger charge is -2.27. The van der Waals surface area contributed by atoms with Crippen LogP contribution in [0.15, 0.2) is 0 Å². The summed E-state index contributed by atoms with van der Waals surface area (Å²) in [4.78, 5) is 24.1. The van der Waals surface area contributed by atoms with E-state index in [0.717, 1.165) is 0 Å². The van der Waals surface area contributed by atoms with E-state index in [1.54, 1.807) is 0 Å². The van der Waals surface area contributed by atoms with Gasteiger partial charge in [0, 0.05) is 0 Å². The zero-order valence-corrected chi connectivity index (χ0v) is 18.5. The van der Waals surface area contributed by atoms with Crippen LogP contribution in [0.4, 0.5) is 0 Å². The van der Waals surface area contributed by atoms with Crippen molar-refractivity contribution in [2.24, 2.45) is 0 Å². The van der Waals surface area contributed by atoms with Gasteiger partial charge in [-0.1, -0.05) is 0 Å². The molecule has 0 aromatic carbocycles. The Morgan fingerprint density at radius 1 is 0.682 bits per heavy atom. The van der Waals surface area contributed by atoms with Gasteiger partial charge in [0.2, 0.25) is 16.6 Å². The lowest BCUT2D eigenvalue weighted by Crippen LogP contribution is -2.38. The van der Waals surface area contributed by atoms with Gasteiger partial charge in [-0.15, -0.1) is 0 Å². The normalized spacial score (nSPS) is 13.2. The van der Waals surface area contributed by atoms with Crippen molar-refractivity contribution in [3.8, 4) is 0 Å². The Kier molecular flexibility index (Phi) is 7.73. The molecule has 0 aliphatic heterocycles. The molecule has 0 aromatic heterocycles. The summed E-state index contributed by atoms with van der Waals surface area (Å²) in [6.45, 7) is 17.8. The molecule has 0 unspecified atom stereocenters. The highest BCUT2D eigenvalue weighted by Crippen LogP contribution is 2.17. The van der Waals surface area contributed by atoms with Gasteiger partial charge in [-0.3, -0.25) is 9.59 Å². The number of carbonyl (C=O) groups excluding carboxylic acids is 2. The molecule has 0 spiro atoms. The number of carbonyl (C=O) groups is 2. The fourth-order valence-electron chi connectivity index (χ4n) is 1.79. The quantitative estimate of drug-likeness (QED) is 0.614. The van der Waals surface area contributed by atoms with Crippen LogP contribution in [0.25, 0.3) is 0 Å². The predicted molar refractivity (Wildman–Crippen MR) is 96.3 cm³/mol. The first-order valence-electron chi connectivity index (χ1n) is 7.69. The van der Waals surface area contributed by atoms with Gasteiger partial charge in [0.05, 0.1) is 18.9 Å². The van der Waals surface area contributed by atoms with E-state index >= 15 is 0 Å². The number of hydrogen-bond donors (Lipinski definition) is 0. The molecule has 0 saturated heterocycles. The van der Waals surface area contributed by atoms with Crippen LogP contribution in [-0.4, -0.2) is 43.0 Å². The first-order valence-corrected chi connectivity index (χ1v) is 17.9. The third-order valence-electron chi connectivity index (χ3n) is 2.15. The predicted octanol–water partition coefficient (Wildman–Crippen LogP) is 3.74. The second-order valence-electron chi connectivity index (χ2n) is 8.43. The molecule has 5 nitrogen and oxygen atoms in total. The Hall–Kier alpha value is -0.449. The molecule has 0 aliphatic carbocycles. The molecule has 0 N–H and O–H groups in total. The Balaban J connectivity index is 4.77. The second kappa shape index (κ2) is 7.89. The monoisotopic (exact) mass is 364 g/mol. The van der Waals surface area contributed by atoms with Crippen LogP contribution in [0.1, 0.15) is 12.8 Å². The molecular formula is C14H32O5Si3. The van der Waals surface area contributed by atoms with Gasteiger partial charge in [0.25, 0.3) is 11.9 Å². The van der Waals surface area contributed by atoms with E-state index in [1.165, 1.54) is 0 Å². The van der Waals surface area contributed by atoms with Crippen molar-refractivity contribution in [2.75, 3.05) is 0 Å². The van der Waals surface area contributed by atoms with Crippen molar-refractivity contribution in [1.82, 2.24) is 0 Å². The summed E-state index contributed by atoms with van der Waals surface area (Å²) < 4.78 is 16.9. The molecule has 0 amide bonds. The smallest absolute Gasteiger partial charge is 0.295 e. The van der Waals surface area contributed by atoms with E-state index in [2.05, 4.69) is 0 Å². The van der Waals surface area contributed by atoms with Gasteiger partial charge >= 0.3 is 0 Å². The SMILES string of the molecule is C[Si](C)(C)OC(=O)CC(CC(=O)O[Si](C)(C)C)O[Si](C)(C)C. The summed E-state index contributed by atoms with van der Waals surface area (Å²) in [5.74, 6) is -0.577. The minimum Gasteiger partial charge on any atom is -0.520 e. The summed E-state index contributed by atoms with van der Waals surface area (Å²) in [7, 11) is -5.72. The highest BCUT2D eigenvalue weighted by Gasteiger charge is 2.30.